The van der Waals surface area contributed by atoms with Crippen LogP contribution in [0.2, 0.25) is 0 Å². The molecule has 78 valence electrons. The monoisotopic (exact) mass is 201 g/mol. The van der Waals surface area contributed by atoms with Crippen LogP contribution in [0.15, 0.2) is 23.3 Å². The highest BCUT2D eigenvalue weighted by Crippen LogP contribution is 2.20. The first-order valence-electron chi connectivity index (χ1n) is 5.65. The van der Waals surface area contributed by atoms with E-state index in [1.54, 1.807) is 0 Å². The van der Waals surface area contributed by atoms with Gasteiger partial charge < -0.3 is 5.32 Å². The third-order valence-electron chi connectivity index (χ3n) is 3.31. The fraction of sp³-hybridized carbons (Fsp3) is 0.500. The number of pyridine rings is 1. The maximum atomic E-state index is 4.68. The van der Waals surface area contributed by atoms with Crippen molar-refractivity contribution in [2.45, 2.75) is 18.9 Å². The second-order valence-electron chi connectivity index (χ2n) is 4.29. The first kappa shape index (κ1) is 9.04. The fourth-order valence-corrected chi connectivity index (χ4v) is 2.44. The molecule has 0 amide bonds. The predicted octanol–water partition coefficient (Wildman–Crippen LogP) is -0.137. The fourth-order valence-electron chi connectivity index (χ4n) is 2.44. The summed E-state index contributed by atoms with van der Waals surface area (Å²) in [7, 11) is 0. The van der Waals surface area contributed by atoms with Gasteiger partial charge in [0, 0.05) is 11.4 Å². The quantitative estimate of drug-likeness (QED) is 0.687. The summed E-state index contributed by atoms with van der Waals surface area (Å²) in [5, 5.41) is 4.60. The second-order valence-corrected chi connectivity index (χ2v) is 4.29. The van der Waals surface area contributed by atoms with Crippen molar-refractivity contribution in [3.05, 3.63) is 29.0 Å². The summed E-state index contributed by atoms with van der Waals surface area (Å²) in [5.74, 6) is 0.709. The smallest absolute Gasteiger partial charge is 0.154 e. The van der Waals surface area contributed by atoms with Crippen LogP contribution in [0.25, 0.3) is 6.08 Å². The van der Waals surface area contributed by atoms with Crippen molar-refractivity contribution in [1.29, 1.82) is 0 Å². The van der Waals surface area contributed by atoms with Crippen molar-refractivity contribution in [1.82, 2.24) is 10.3 Å². The minimum Gasteiger partial charge on any atom is -0.317 e. The SMILES string of the molecule is C1=c2cccnc2=N[C@@H]1C1CCNCC1. The highest BCUT2D eigenvalue weighted by atomic mass is 14.9. The molecule has 2 aliphatic rings. The van der Waals surface area contributed by atoms with Gasteiger partial charge in [0.2, 0.25) is 0 Å². The molecule has 1 fully saturated rings. The lowest BCUT2D eigenvalue weighted by Gasteiger charge is -2.25. The van der Waals surface area contributed by atoms with E-state index in [0.29, 0.717) is 12.0 Å². The molecule has 0 aromatic carbocycles. The van der Waals surface area contributed by atoms with Gasteiger partial charge in [-0.1, -0.05) is 0 Å². The van der Waals surface area contributed by atoms with Gasteiger partial charge in [-0.25, -0.2) is 4.98 Å². The van der Waals surface area contributed by atoms with Crippen LogP contribution in [0.3, 0.4) is 0 Å². The van der Waals surface area contributed by atoms with Gasteiger partial charge in [-0.05, 0) is 50.1 Å². The number of aromatic nitrogens is 1. The van der Waals surface area contributed by atoms with E-state index < -0.39 is 0 Å². The number of hydrogen-bond donors (Lipinski definition) is 1. The van der Waals surface area contributed by atoms with E-state index in [1.165, 1.54) is 18.1 Å². The first-order chi connectivity index (χ1) is 7.43. The zero-order chi connectivity index (χ0) is 10.1. The third-order valence-corrected chi connectivity index (χ3v) is 3.31. The second kappa shape index (κ2) is 3.74. The molecule has 1 saturated heterocycles. The number of fused-ring (bicyclic) bond motifs is 1. The van der Waals surface area contributed by atoms with Crippen molar-refractivity contribution >= 4 is 6.08 Å². The Morgan fingerprint density at radius 2 is 2.13 bits per heavy atom. The summed E-state index contributed by atoms with van der Waals surface area (Å²) < 4.78 is 0. The standard InChI is InChI=1S/C12H15N3/c1-2-10-8-11(15-12(10)14-5-1)9-3-6-13-7-4-9/h1-2,5,8-9,11,13H,3-4,6-7H2/t11-/m0/s1. The zero-order valence-corrected chi connectivity index (χ0v) is 8.69. The molecule has 0 spiro atoms. The molecule has 1 N–H and O–H groups in total. The predicted molar refractivity (Wildman–Crippen MR) is 58.9 cm³/mol. The third kappa shape index (κ3) is 1.67. The molecule has 2 aliphatic heterocycles. The van der Waals surface area contributed by atoms with E-state index in [-0.39, 0.29) is 0 Å². The van der Waals surface area contributed by atoms with Gasteiger partial charge >= 0.3 is 0 Å². The topological polar surface area (TPSA) is 37.3 Å². The molecule has 1 aromatic rings. The van der Waals surface area contributed by atoms with Crippen LogP contribution in [-0.4, -0.2) is 24.1 Å². The van der Waals surface area contributed by atoms with Crippen LogP contribution in [0.4, 0.5) is 0 Å². The molecule has 15 heavy (non-hydrogen) atoms. The van der Waals surface area contributed by atoms with Crippen LogP contribution < -0.4 is 16.0 Å². The van der Waals surface area contributed by atoms with Crippen LogP contribution in [-0.2, 0) is 0 Å². The minimum atomic E-state index is 0.372. The van der Waals surface area contributed by atoms with E-state index in [1.807, 2.05) is 12.3 Å². The largest absolute Gasteiger partial charge is 0.317 e. The van der Waals surface area contributed by atoms with Crippen molar-refractivity contribution < 1.29 is 0 Å². The molecule has 0 aliphatic carbocycles. The Balaban J connectivity index is 1.89. The number of piperidine rings is 1. The molecule has 0 radical (unpaired) electrons. The lowest BCUT2D eigenvalue weighted by atomic mass is 9.91. The van der Waals surface area contributed by atoms with Crippen LogP contribution in [0.5, 0.6) is 0 Å². The van der Waals surface area contributed by atoms with Crippen LogP contribution >= 0.6 is 0 Å². The Bertz CT molecular complexity index is 425. The number of nitrogens with zero attached hydrogens (tertiary/aromatic N) is 2. The number of rotatable bonds is 1. The van der Waals surface area contributed by atoms with Crippen LogP contribution in [0.1, 0.15) is 12.8 Å². The molecule has 1 aromatic heterocycles. The van der Waals surface area contributed by atoms with Gasteiger partial charge in [-0.3, -0.25) is 4.99 Å². The Morgan fingerprint density at radius 1 is 1.27 bits per heavy atom. The Labute approximate surface area is 88.9 Å². The Morgan fingerprint density at radius 3 is 2.93 bits per heavy atom. The normalized spacial score (nSPS) is 25.5. The summed E-state index contributed by atoms with van der Waals surface area (Å²) >= 11 is 0. The summed E-state index contributed by atoms with van der Waals surface area (Å²) in [4.78, 5) is 8.97. The average Bonchev–Trinajstić information content (AvgIpc) is 2.74. The van der Waals surface area contributed by atoms with Crippen molar-refractivity contribution in [3.63, 3.8) is 0 Å². The maximum absolute atomic E-state index is 4.68. The molecule has 1 atom stereocenters. The van der Waals surface area contributed by atoms with Crippen molar-refractivity contribution in [2.24, 2.45) is 10.9 Å². The van der Waals surface area contributed by atoms with Gasteiger partial charge in [-0.2, -0.15) is 0 Å². The van der Waals surface area contributed by atoms with Crippen molar-refractivity contribution in [3.8, 4) is 0 Å². The summed E-state index contributed by atoms with van der Waals surface area (Å²) in [6, 6.07) is 4.46. The Kier molecular flexibility index (Phi) is 2.25. The molecule has 0 saturated carbocycles. The first-order valence-corrected chi connectivity index (χ1v) is 5.65. The lowest BCUT2D eigenvalue weighted by Crippen LogP contribution is -2.32. The van der Waals surface area contributed by atoms with E-state index in [2.05, 4.69) is 27.4 Å². The van der Waals surface area contributed by atoms with Gasteiger partial charge in [0.15, 0.2) is 5.49 Å². The average molecular weight is 201 g/mol. The molecule has 3 heteroatoms. The molecule has 0 bridgehead atoms. The van der Waals surface area contributed by atoms with Gasteiger partial charge in [0.05, 0.1) is 6.04 Å². The number of nitrogens with one attached hydrogen (secondary N) is 1. The molecule has 3 nitrogen and oxygen atoms in total. The lowest BCUT2D eigenvalue weighted by molar-refractivity contribution is 0.355. The van der Waals surface area contributed by atoms with Gasteiger partial charge in [0.25, 0.3) is 0 Å². The summed E-state index contributed by atoms with van der Waals surface area (Å²) in [5.41, 5.74) is 0.932. The van der Waals surface area contributed by atoms with E-state index in [4.69, 9.17) is 0 Å². The maximum Gasteiger partial charge on any atom is 0.154 e. The molecule has 0 unspecified atom stereocenters. The van der Waals surface area contributed by atoms with E-state index in [9.17, 15) is 0 Å². The Hall–Kier alpha value is -1.22. The highest BCUT2D eigenvalue weighted by molar-refractivity contribution is 5.33. The number of hydrogen-bond acceptors (Lipinski definition) is 3. The molecule has 3 heterocycles. The molecule has 3 rings (SSSR count). The molecular weight excluding hydrogens is 186 g/mol. The summed E-state index contributed by atoms with van der Waals surface area (Å²) in [6.45, 7) is 2.27. The molecular formula is C12H15N3. The van der Waals surface area contributed by atoms with Gasteiger partial charge in [0.1, 0.15) is 0 Å². The van der Waals surface area contributed by atoms with Gasteiger partial charge in [-0.15, -0.1) is 0 Å². The zero-order valence-electron chi connectivity index (χ0n) is 8.69. The summed E-state index contributed by atoms with van der Waals surface area (Å²) in [6.07, 6.45) is 6.57. The highest BCUT2D eigenvalue weighted by Gasteiger charge is 2.23. The van der Waals surface area contributed by atoms with E-state index >= 15 is 0 Å². The van der Waals surface area contributed by atoms with Crippen molar-refractivity contribution in [2.75, 3.05) is 13.1 Å². The minimum absolute atomic E-state index is 0.372. The van der Waals surface area contributed by atoms with Crippen LogP contribution in [0, 0.1) is 5.92 Å². The van der Waals surface area contributed by atoms with E-state index in [0.717, 1.165) is 18.6 Å².